The maximum absolute atomic E-state index is 6.52. The van der Waals surface area contributed by atoms with Crippen LogP contribution in [0.2, 0.25) is 51.9 Å². The van der Waals surface area contributed by atoms with Crippen molar-refractivity contribution in [2.45, 2.75) is 57.2 Å². The molecule has 1 atom stereocenters. The molecule has 0 spiro atoms. The Morgan fingerprint density at radius 3 is 1.59 bits per heavy atom. The molecule has 0 aliphatic heterocycles. The third-order valence-corrected chi connectivity index (χ3v) is 14.8. The van der Waals surface area contributed by atoms with E-state index in [0.29, 0.717) is 11.9 Å². The third-order valence-electron chi connectivity index (χ3n) is 2.97. The molecule has 0 fully saturated rings. The van der Waals surface area contributed by atoms with Crippen LogP contribution >= 0.6 is 0 Å². The standard InChI is InChI=1S/C11H31NO2Si3/c1-13-17(8,10-9-12)14-11(15(2,3)4)16(5,6)7/h11H,9-10,12H2,1-8H3. The topological polar surface area (TPSA) is 44.5 Å². The predicted molar refractivity (Wildman–Crippen MR) is 84.1 cm³/mol. The summed E-state index contributed by atoms with van der Waals surface area (Å²) in [5.74, 6) is 0. The molecule has 0 aliphatic rings. The summed E-state index contributed by atoms with van der Waals surface area (Å²) in [6, 6.07) is 0.884. The van der Waals surface area contributed by atoms with E-state index in [9.17, 15) is 0 Å². The lowest BCUT2D eigenvalue weighted by molar-refractivity contribution is 0.211. The molecule has 0 heterocycles. The molecule has 2 N–H and O–H groups in total. The molecular formula is C11H31NO2Si3. The summed E-state index contributed by atoms with van der Waals surface area (Å²) < 4.78 is 12.2. The second kappa shape index (κ2) is 6.12. The first-order valence-corrected chi connectivity index (χ1v) is 16.1. The lowest BCUT2D eigenvalue weighted by atomic mass is 10.8. The van der Waals surface area contributed by atoms with Crippen molar-refractivity contribution in [2.24, 2.45) is 5.73 Å². The Balaban J connectivity index is 4.99. The van der Waals surface area contributed by atoms with Crippen molar-refractivity contribution in [1.29, 1.82) is 0 Å². The molecule has 104 valence electrons. The monoisotopic (exact) mass is 293 g/mol. The molecular weight excluding hydrogens is 262 g/mol. The molecule has 0 saturated heterocycles. The molecule has 1 unspecified atom stereocenters. The van der Waals surface area contributed by atoms with Gasteiger partial charge in [-0.25, -0.2) is 0 Å². The van der Waals surface area contributed by atoms with Crippen molar-refractivity contribution in [2.75, 3.05) is 13.7 Å². The van der Waals surface area contributed by atoms with E-state index in [-0.39, 0.29) is 0 Å². The molecule has 0 rings (SSSR count). The third kappa shape index (κ3) is 5.80. The fraction of sp³-hybridized carbons (Fsp3) is 1.00. The van der Waals surface area contributed by atoms with E-state index in [0.717, 1.165) is 6.04 Å². The van der Waals surface area contributed by atoms with Crippen LogP contribution in [0.25, 0.3) is 0 Å². The van der Waals surface area contributed by atoms with Crippen LogP contribution in [0.3, 0.4) is 0 Å². The van der Waals surface area contributed by atoms with Gasteiger partial charge in [-0.1, -0.05) is 39.3 Å². The Kier molecular flexibility index (Phi) is 6.31. The Labute approximate surface area is 110 Å². The van der Waals surface area contributed by atoms with Crippen LogP contribution in [0.15, 0.2) is 0 Å². The molecule has 0 saturated carbocycles. The smallest absolute Gasteiger partial charge is 0.335 e. The van der Waals surface area contributed by atoms with Crippen LogP contribution in [-0.4, -0.2) is 43.7 Å². The Morgan fingerprint density at radius 1 is 0.941 bits per heavy atom. The van der Waals surface area contributed by atoms with Crippen molar-refractivity contribution in [3.05, 3.63) is 0 Å². The number of nitrogens with two attached hydrogens (primary N) is 1. The molecule has 17 heavy (non-hydrogen) atoms. The molecule has 0 aromatic heterocycles. The maximum Gasteiger partial charge on any atom is 0.335 e. The Morgan fingerprint density at radius 2 is 1.35 bits per heavy atom. The van der Waals surface area contributed by atoms with Gasteiger partial charge in [0.1, 0.15) is 0 Å². The van der Waals surface area contributed by atoms with E-state index in [2.05, 4.69) is 45.8 Å². The SMILES string of the molecule is CO[Si](C)(CCN)OC([Si](C)(C)C)[Si](C)(C)C. The lowest BCUT2D eigenvalue weighted by Gasteiger charge is -2.43. The number of hydrogen-bond donors (Lipinski definition) is 1. The first kappa shape index (κ1) is 17.5. The van der Waals surface area contributed by atoms with Gasteiger partial charge in [0.05, 0.1) is 16.1 Å². The fourth-order valence-electron chi connectivity index (χ4n) is 2.37. The van der Waals surface area contributed by atoms with E-state index < -0.39 is 24.7 Å². The minimum Gasteiger partial charge on any atom is -0.398 e. The van der Waals surface area contributed by atoms with E-state index in [4.69, 9.17) is 14.6 Å². The molecule has 0 amide bonds. The van der Waals surface area contributed by atoms with Crippen LogP contribution in [0.5, 0.6) is 0 Å². The van der Waals surface area contributed by atoms with Gasteiger partial charge in [0.2, 0.25) is 0 Å². The van der Waals surface area contributed by atoms with Crippen molar-refractivity contribution in [1.82, 2.24) is 0 Å². The van der Waals surface area contributed by atoms with Gasteiger partial charge in [-0.3, -0.25) is 0 Å². The second-order valence-corrected chi connectivity index (χ2v) is 21.6. The van der Waals surface area contributed by atoms with Gasteiger partial charge < -0.3 is 14.6 Å². The van der Waals surface area contributed by atoms with Crippen LogP contribution in [0, 0.1) is 0 Å². The zero-order valence-corrected chi connectivity index (χ0v) is 15.9. The van der Waals surface area contributed by atoms with Gasteiger partial charge in [-0.05, 0) is 13.1 Å². The van der Waals surface area contributed by atoms with E-state index in [1.54, 1.807) is 7.11 Å². The number of hydrogen-bond acceptors (Lipinski definition) is 3. The predicted octanol–water partition coefficient (Wildman–Crippen LogP) is 2.80. The summed E-state index contributed by atoms with van der Waals surface area (Å²) in [6.45, 7) is 17.1. The summed E-state index contributed by atoms with van der Waals surface area (Å²) in [7, 11) is -2.94. The summed E-state index contributed by atoms with van der Waals surface area (Å²) >= 11 is 0. The molecule has 0 bridgehead atoms. The van der Waals surface area contributed by atoms with Gasteiger partial charge in [-0.2, -0.15) is 0 Å². The average molecular weight is 294 g/mol. The Bertz CT molecular complexity index is 224. The zero-order valence-electron chi connectivity index (χ0n) is 12.9. The van der Waals surface area contributed by atoms with Crippen molar-refractivity contribution in [3.63, 3.8) is 0 Å². The van der Waals surface area contributed by atoms with Gasteiger partial charge in [-0.15, -0.1) is 0 Å². The van der Waals surface area contributed by atoms with Crippen LogP contribution in [0.4, 0.5) is 0 Å². The summed E-state index contributed by atoms with van der Waals surface area (Å²) in [5.41, 5.74) is 5.68. The van der Waals surface area contributed by atoms with Crippen LogP contribution < -0.4 is 5.73 Å². The highest BCUT2D eigenvalue weighted by Gasteiger charge is 2.44. The molecule has 3 nitrogen and oxygen atoms in total. The minimum atomic E-state index is -2.06. The van der Waals surface area contributed by atoms with Gasteiger partial charge >= 0.3 is 8.56 Å². The average Bonchev–Trinajstić information content (AvgIpc) is 2.11. The minimum absolute atomic E-state index is 0.443. The Hall–Kier alpha value is 0.531. The van der Waals surface area contributed by atoms with Crippen molar-refractivity contribution in [3.8, 4) is 0 Å². The van der Waals surface area contributed by atoms with E-state index in [1.807, 2.05) is 0 Å². The highest BCUT2D eigenvalue weighted by molar-refractivity contribution is 6.96. The molecule has 6 heteroatoms. The first-order valence-electron chi connectivity index (χ1n) is 6.39. The quantitative estimate of drug-likeness (QED) is 0.734. The summed E-state index contributed by atoms with van der Waals surface area (Å²) in [4.78, 5) is 0. The van der Waals surface area contributed by atoms with Crippen LogP contribution in [-0.2, 0) is 8.85 Å². The highest BCUT2D eigenvalue weighted by Crippen LogP contribution is 2.27. The first-order chi connectivity index (χ1) is 7.46. The number of rotatable bonds is 7. The maximum atomic E-state index is 6.52. The normalized spacial score (nSPS) is 17.3. The molecule has 0 aromatic rings. The molecule has 0 aliphatic carbocycles. The fourth-order valence-corrected chi connectivity index (χ4v) is 18.5. The lowest BCUT2D eigenvalue weighted by Crippen LogP contribution is -2.60. The summed E-state index contributed by atoms with van der Waals surface area (Å²) in [5, 5.41) is 0.443. The zero-order chi connectivity index (χ0) is 13.9. The second-order valence-electron chi connectivity index (χ2n) is 7.11. The van der Waals surface area contributed by atoms with Gasteiger partial charge in [0.25, 0.3) is 0 Å². The van der Waals surface area contributed by atoms with Crippen molar-refractivity contribution >= 4 is 24.7 Å². The molecule has 0 radical (unpaired) electrons. The van der Waals surface area contributed by atoms with E-state index in [1.165, 1.54) is 0 Å². The highest BCUT2D eigenvalue weighted by atomic mass is 28.4. The largest absolute Gasteiger partial charge is 0.398 e. The van der Waals surface area contributed by atoms with E-state index >= 15 is 0 Å². The van der Waals surface area contributed by atoms with Crippen LogP contribution in [0.1, 0.15) is 0 Å². The van der Waals surface area contributed by atoms with Gasteiger partial charge in [0, 0.05) is 18.5 Å². The van der Waals surface area contributed by atoms with Crippen molar-refractivity contribution < 1.29 is 8.85 Å². The summed E-state index contributed by atoms with van der Waals surface area (Å²) in [6.07, 6.45) is 0. The van der Waals surface area contributed by atoms with Gasteiger partial charge in [0.15, 0.2) is 0 Å². The molecule has 0 aromatic carbocycles.